The molecule has 0 aliphatic rings. The van der Waals surface area contributed by atoms with Crippen molar-refractivity contribution in [1.82, 2.24) is 9.97 Å². The van der Waals surface area contributed by atoms with Crippen molar-refractivity contribution in [3.05, 3.63) is 33.4 Å². The molecule has 2 heterocycles. The Balaban J connectivity index is 2.41. The number of hydrogen-bond donors (Lipinski definition) is 1. The molecule has 88 valence electrons. The van der Waals surface area contributed by atoms with Crippen molar-refractivity contribution in [2.45, 2.75) is 13.3 Å². The highest BCUT2D eigenvalue weighted by Gasteiger charge is 2.14. The third kappa shape index (κ3) is 2.70. The van der Waals surface area contributed by atoms with Gasteiger partial charge in [-0.25, -0.2) is 4.98 Å². The van der Waals surface area contributed by atoms with Gasteiger partial charge in [0.1, 0.15) is 10.7 Å². The molecule has 0 aromatic carbocycles. The van der Waals surface area contributed by atoms with Crippen molar-refractivity contribution < 1.29 is 9.90 Å². The molecular weight excluding hydrogens is 304 g/mol. The minimum atomic E-state index is -0.844. The molecule has 17 heavy (non-hydrogen) atoms. The Morgan fingerprint density at radius 1 is 1.59 bits per heavy atom. The number of hydrogen-bond acceptors (Lipinski definition) is 4. The number of carboxylic acid groups (broad SMARTS) is 1. The minimum Gasteiger partial charge on any atom is -0.481 e. The van der Waals surface area contributed by atoms with Gasteiger partial charge in [-0.15, -0.1) is 11.3 Å². The number of rotatable bonds is 3. The lowest BCUT2D eigenvalue weighted by atomic mass is 10.3. The smallest absolute Gasteiger partial charge is 0.308 e. The van der Waals surface area contributed by atoms with E-state index in [2.05, 4.69) is 25.9 Å². The molecule has 0 saturated carbocycles. The maximum Gasteiger partial charge on any atom is 0.308 e. The fourth-order valence-electron chi connectivity index (χ4n) is 1.37. The zero-order valence-electron chi connectivity index (χ0n) is 8.98. The van der Waals surface area contributed by atoms with Crippen molar-refractivity contribution in [3.63, 3.8) is 0 Å². The summed E-state index contributed by atoms with van der Waals surface area (Å²) >= 11 is 4.78. The Kier molecular flexibility index (Phi) is 3.54. The van der Waals surface area contributed by atoms with Crippen LogP contribution in [-0.2, 0) is 11.2 Å². The zero-order valence-corrected chi connectivity index (χ0v) is 11.4. The quantitative estimate of drug-likeness (QED) is 0.946. The first-order valence-electron chi connectivity index (χ1n) is 4.87. The predicted octanol–water partition coefficient (Wildman–Crippen LogP) is 2.90. The summed E-state index contributed by atoms with van der Waals surface area (Å²) in [6, 6.07) is 3.71. The summed E-state index contributed by atoms with van der Waals surface area (Å²) in [5.41, 5.74) is 1.50. The Morgan fingerprint density at radius 2 is 2.35 bits per heavy atom. The van der Waals surface area contributed by atoms with Crippen molar-refractivity contribution in [3.8, 4) is 10.7 Å². The van der Waals surface area contributed by atoms with E-state index in [1.54, 1.807) is 6.20 Å². The number of thiazole rings is 1. The highest BCUT2D eigenvalue weighted by Crippen LogP contribution is 2.31. The lowest BCUT2D eigenvalue weighted by Crippen LogP contribution is -1.99. The largest absolute Gasteiger partial charge is 0.481 e. The number of aromatic nitrogens is 2. The Bertz CT molecular complexity index is 568. The highest BCUT2D eigenvalue weighted by molar-refractivity contribution is 9.10. The number of carboxylic acids is 1. The van der Waals surface area contributed by atoms with E-state index >= 15 is 0 Å². The summed E-state index contributed by atoms with van der Waals surface area (Å²) in [5, 5.41) is 9.52. The number of aryl methyl sites for hydroxylation is 1. The van der Waals surface area contributed by atoms with Crippen LogP contribution in [0.5, 0.6) is 0 Å². The third-order valence-electron chi connectivity index (χ3n) is 2.17. The van der Waals surface area contributed by atoms with E-state index in [0.717, 1.165) is 25.7 Å². The fraction of sp³-hybridized carbons (Fsp3) is 0.182. The minimum absolute atomic E-state index is 0.00789. The second kappa shape index (κ2) is 4.93. The van der Waals surface area contributed by atoms with Crippen LogP contribution >= 0.6 is 27.3 Å². The van der Waals surface area contributed by atoms with Crippen LogP contribution in [0.3, 0.4) is 0 Å². The van der Waals surface area contributed by atoms with Gasteiger partial charge in [0.2, 0.25) is 0 Å². The first kappa shape index (κ1) is 12.2. The molecule has 0 saturated heterocycles. The standard InChI is InChI=1S/C11H9BrN2O2S/c1-6-8(5-9(15)16)17-11(14-6)10-7(12)3-2-4-13-10/h2-4H,5H2,1H3,(H,15,16). The van der Waals surface area contributed by atoms with E-state index in [1.807, 2.05) is 19.1 Å². The number of halogens is 1. The summed E-state index contributed by atoms with van der Waals surface area (Å²) in [5.74, 6) is -0.844. The summed E-state index contributed by atoms with van der Waals surface area (Å²) in [4.78, 5) is 20.0. The van der Waals surface area contributed by atoms with E-state index in [-0.39, 0.29) is 6.42 Å². The molecule has 0 atom stereocenters. The molecule has 0 aliphatic heterocycles. The van der Waals surface area contributed by atoms with Crippen LogP contribution in [0.1, 0.15) is 10.6 Å². The van der Waals surface area contributed by atoms with E-state index < -0.39 is 5.97 Å². The van der Waals surface area contributed by atoms with Crippen molar-refractivity contribution >= 4 is 33.2 Å². The van der Waals surface area contributed by atoms with Crippen molar-refractivity contribution in [2.24, 2.45) is 0 Å². The fourth-order valence-corrected chi connectivity index (χ4v) is 3.01. The second-order valence-corrected chi connectivity index (χ2v) is 5.37. The normalized spacial score (nSPS) is 10.5. The van der Waals surface area contributed by atoms with Crippen LogP contribution in [0.25, 0.3) is 10.7 Å². The van der Waals surface area contributed by atoms with E-state index in [0.29, 0.717) is 0 Å². The Hall–Kier alpha value is -1.27. The van der Waals surface area contributed by atoms with Gasteiger partial charge >= 0.3 is 5.97 Å². The molecule has 0 spiro atoms. The third-order valence-corrected chi connectivity index (χ3v) is 3.97. The summed E-state index contributed by atoms with van der Waals surface area (Å²) in [6.45, 7) is 1.81. The molecule has 0 aliphatic carbocycles. The van der Waals surface area contributed by atoms with Crippen LogP contribution in [0.4, 0.5) is 0 Å². The SMILES string of the molecule is Cc1nc(-c2ncccc2Br)sc1CC(=O)O. The first-order chi connectivity index (χ1) is 8.08. The van der Waals surface area contributed by atoms with Gasteiger partial charge in [-0.1, -0.05) is 0 Å². The van der Waals surface area contributed by atoms with Crippen LogP contribution in [0.15, 0.2) is 22.8 Å². The van der Waals surface area contributed by atoms with Gasteiger partial charge in [0.05, 0.1) is 12.1 Å². The van der Waals surface area contributed by atoms with Crippen LogP contribution < -0.4 is 0 Å². The molecule has 0 amide bonds. The van der Waals surface area contributed by atoms with Gasteiger partial charge in [0, 0.05) is 15.5 Å². The molecule has 0 unspecified atom stereocenters. The van der Waals surface area contributed by atoms with E-state index in [1.165, 1.54) is 11.3 Å². The Labute approximate surface area is 110 Å². The summed E-state index contributed by atoms with van der Waals surface area (Å²) < 4.78 is 0.857. The maximum atomic E-state index is 10.7. The molecule has 0 radical (unpaired) electrons. The average Bonchev–Trinajstić information content (AvgIpc) is 2.60. The van der Waals surface area contributed by atoms with Gasteiger partial charge in [0.15, 0.2) is 0 Å². The molecular formula is C11H9BrN2O2S. The first-order valence-corrected chi connectivity index (χ1v) is 6.48. The van der Waals surface area contributed by atoms with E-state index in [9.17, 15) is 4.79 Å². The Morgan fingerprint density at radius 3 is 3.00 bits per heavy atom. The monoisotopic (exact) mass is 312 g/mol. The molecule has 6 heteroatoms. The summed E-state index contributed by atoms with van der Waals surface area (Å²) in [7, 11) is 0. The number of nitrogens with zero attached hydrogens (tertiary/aromatic N) is 2. The highest BCUT2D eigenvalue weighted by atomic mass is 79.9. The van der Waals surface area contributed by atoms with Gasteiger partial charge in [-0.05, 0) is 35.0 Å². The second-order valence-electron chi connectivity index (χ2n) is 3.43. The number of carbonyl (C=O) groups is 1. The zero-order chi connectivity index (χ0) is 12.4. The van der Waals surface area contributed by atoms with Gasteiger partial charge in [0.25, 0.3) is 0 Å². The van der Waals surface area contributed by atoms with Gasteiger partial charge in [-0.2, -0.15) is 0 Å². The van der Waals surface area contributed by atoms with Gasteiger partial charge in [-0.3, -0.25) is 9.78 Å². The lowest BCUT2D eigenvalue weighted by Gasteiger charge is -1.97. The molecule has 2 rings (SSSR count). The topological polar surface area (TPSA) is 63.1 Å². The molecule has 2 aromatic rings. The maximum absolute atomic E-state index is 10.7. The molecule has 0 bridgehead atoms. The average molecular weight is 313 g/mol. The molecule has 1 N–H and O–H groups in total. The van der Waals surface area contributed by atoms with Crippen LogP contribution in [0, 0.1) is 6.92 Å². The molecule has 4 nitrogen and oxygen atoms in total. The molecule has 2 aromatic heterocycles. The van der Waals surface area contributed by atoms with Crippen LogP contribution in [-0.4, -0.2) is 21.0 Å². The molecule has 0 fully saturated rings. The van der Waals surface area contributed by atoms with Crippen molar-refractivity contribution in [2.75, 3.05) is 0 Å². The lowest BCUT2D eigenvalue weighted by molar-refractivity contribution is -0.136. The van der Waals surface area contributed by atoms with Gasteiger partial charge < -0.3 is 5.11 Å². The van der Waals surface area contributed by atoms with Crippen LogP contribution in [0.2, 0.25) is 0 Å². The van der Waals surface area contributed by atoms with E-state index in [4.69, 9.17) is 5.11 Å². The number of aliphatic carboxylic acids is 1. The number of pyridine rings is 1. The summed E-state index contributed by atoms with van der Waals surface area (Å²) in [6.07, 6.45) is 1.70. The predicted molar refractivity (Wildman–Crippen MR) is 69.1 cm³/mol. The van der Waals surface area contributed by atoms with Crippen molar-refractivity contribution in [1.29, 1.82) is 0 Å².